The predicted molar refractivity (Wildman–Crippen MR) is 61.4 cm³/mol. The molecule has 1 saturated heterocycles. The second kappa shape index (κ2) is 6.18. The van der Waals surface area contributed by atoms with Crippen molar-refractivity contribution in [3.05, 3.63) is 0 Å². The van der Waals surface area contributed by atoms with Gasteiger partial charge in [0.1, 0.15) is 0 Å². The minimum atomic E-state index is -0.196. The van der Waals surface area contributed by atoms with Gasteiger partial charge in [0.15, 0.2) is 0 Å². The van der Waals surface area contributed by atoms with Crippen molar-refractivity contribution < 1.29 is 14.3 Å². The quantitative estimate of drug-likeness (QED) is 0.668. The maximum atomic E-state index is 11.9. The molecule has 0 aromatic carbocycles. The first kappa shape index (κ1) is 13.4. The fraction of sp³-hybridized carbons (Fsp3) is 0.909. The first-order valence-corrected chi connectivity index (χ1v) is 5.66. The van der Waals surface area contributed by atoms with Crippen LogP contribution in [0, 0.1) is 0 Å². The Balaban J connectivity index is 2.34. The molecule has 0 aromatic heterocycles. The fourth-order valence-corrected chi connectivity index (χ4v) is 1.79. The van der Waals surface area contributed by atoms with E-state index >= 15 is 0 Å². The zero-order valence-electron chi connectivity index (χ0n) is 10.4. The summed E-state index contributed by atoms with van der Waals surface area (Å²) in [6, 6.07) is 0. The second-order valence-electron chi connectivity index (χ2n) is 4.58. The minimum Gasteiger partial charge on any atom is -0.383 e. The topological polar surface area (TPSA) is 50.8 Å². The van der Waals surface area contributed by atoms with Crippen molar-refractivity contribution in [3.8, 4) is 0 Å². The zero-order valence-corrected chi connectivity index (χ0v) is 10.4. The summed E-state index contributed by atoms with van der Waals surface area (Å²) in [7, 11) is 1.65. The largest absolute Gasteiger partial charge is 0.383 e. The number of methoxy groups -OCH3 is 1. The number of nitrogens with one attached hydrogen (secondary N) is 1. The first-order valence-electron chi connectivity index (χ1n) is 5.66. The van der Waals surface area contributed by atoms with Gasteiger partial charge in [0.05, 0.1) is 31.9 Å². The van der Waals surface area contributed by atoms with E-state index in [1.807, 2.05) is 18.7 Å². The van der Waals surface area contributed by atoms with Crippen LogP contribution in [-0.4, -0.2) is 62.9 Å². The molecule has 16 heavy (non-hydrogen) atoms. The summed E-state index contributed by atoms with van der Waals surface area (Å²) in [5.74, 6) is 0.129. The molecule has 94 valence electrons. The van der Waals surface area contributed by atoms with E-state index in [1.54, 1.807) is 7.11 Å². The maximum Gasteiger partial charge on any atom is 0.237 e. The molecule has 0 radical (unpaired) electrons. The van der Waals surface area contributed by atoms with Gasteiger partial charge in [-0.25, -0.2) is 0 Å². The Kier molecular flexibility index (Phi) is 5.18. The van der Waals surface area contributed by atoms with Gasteiger partial charge in [-0.15, -0.1) is 0 Å². The average molecular weight is 230 g/mol. The third-order valence-corrected chi connectivity index (χ3v) is 2.71. The van der Waals surface area contributed by atoms with Crippen LogP contribution in [-0.2, 0) is 14.3 Å². The van der Waals surface area contributed by atoms with Gasteiger partial charge in [0.25, 0.3) is 0 Å². The summed E-state index contributed by atoms with van der Waals surface area (Å²) >= 11 is 0. The molecule has 1 fully saturated rings. The lowest BCUT2D eigenvalue weighted by Crippen LogP contribution is -2.57. The van der Waals surface area contributed by atoms with Gasteiger partial charge in [-0.05, 0) is 13.8 Å². The Morgan fingerprint density at radius 2 is 2.31 bits per heavy atom. The van der Waals surface area contributed by atoms with Gasteiger partial charge in [-0.3, -0.25) is 4.79 Å². The molecule has 1 amide bonds. The van der Waals surface area contributed by atoms with E-state index in [9.17, 15) is 4.79 Å². The number of rotatable bonds is 5. The van der Waals surface area contributed by atoms with E-state index in [-0.39, 0.29) is 11.4 Å². The van der Waals surface area contributed by atoms with Crippen LogP contribution in [0.3, 0.4) is 0 Å². The fourth-order valence-electron chi connectivity index (χ4n) is 1.79. The van der Waals surface area contributed by atoms with Crippen molar-refractivity contribution in [2.75, 3.05) is 46.6 Å². The van der Waals surface area contributed by atoms with Gasteiger partial charge in [0.2, 0.25) is 5.91 Å². The van der Waals surface area contributed by atoms with Crippen molar-refractivity contribution in [2.45, 2.75) is 19.4 Å². The van der Waals surface area contributed by atoms with Crippen molar-refractivity contribution in [1.82, 2.24) is 10.2 Å². The smallest absolute Gasteiger partial charge is 0.237 e. The molecule has 5 nitrogen and oxygen atoms in total. The average Bonchev–Trinajstić information content (AvgIpc) is 2.23. The number of nitrogens with zero attached hydrogens (tertiary/aromatic N) is 1. The Labute approximate surface area is 97.1 Å². The molecule has 0 unspecified atom stereocenters. The summed E-state index contributed by atoms with van der Waals surface area (Å²) in [6.07, 6.45) is 0. The third-order valence-electron chi connectivity index (χ3n) is 2.71. The summed E-state index contributed by atoms with van der Waals surface area (Å²) in [5.41, 5.74) is -0.196. The summed E-state index contributed by atoms with van der Waals surface area (Å²) < 4.78 is 10.3. The molecule has 0 atom stereocenters. The number of ether oxygens (including phenoxy) is 2. The molecule has 0 spiro atoms. The number of amides is 1. The van der Waals surface area contributed by atoms with Crippen molar-refractivity contribution >= 4 is 5.91 Å². The lowest BCUT2D eigenvalue weighted by Gasteiger charge is -2.42. The summed E-state index contributed by atoms with van der Waals surface area (Å²) in [4.78, 5) is 13.8. The van der Waals surface area contributed by atoms with Crippen LogP contribution >= 0.6 is 0 Å². The van der Waals surface area contributed by atoms with Crippen molar-refractivity contribution in [1.29, 1.82) is 0 Å². The number of carbonyl (C=O) groups is 1. The van der Waals surface area contributed by atoms with E-state index in [4.69, 9.17) is 9.47 Å². The minimum absolute atomic E-state index is 0.129. The van der Waals surface area contributed by atoms with E-state index in [1.165, 1.54) is 0 Å². The number of morpholine rings is 1. The number of carbonyl (C=O) groups excluding carboxylic acids is 1. The molecule has 0 saturated carbocycles. The molecule has 1 rings (SSSR count). The third kappa shape index (κ3) is 3.73. The Morgan fingerprint density at radius 3 is 2.94 bits per heavy atom. The monoisotopic (exact) mass is 230 g/mol. The van der Waals surface area contributed by atoms with Gasteiger partial charge in [0, 0.05) is 20.2 Å². The lowest BCUT2D eigenvalue weighted by molar-refractivity contribution is -0.145. The zero-order chi connectivity index (χ0) is 12.0. The Hall–Kier alpha value is -0.650. The number of hydrogen-bond donors (Lipinski definition) is 1. The highest BCUT2D eigenvalue weighted by atomic mass is 16.5. The molecular weight excluding hydrogens is 208 g/mol. The van der Waals surface area contributed by atoms with E-state index in [2.05, 4.69) is 5.32 Å². The van der Waals surface area contributed by atoms with Gasteiger partial charge < -0.3 is 19.7 Å². The molecule has 1 aliphatic rings. The highest BCUT2D eigenvalue weighted by Crippen LogP contribution is 2.18. The Bertz CT molecular complexity index is 231. The lowest BCUT2D eigenvalue weighted by atomic mass is 10.0. The van der Waals surface area contributed by atoms with Crippen LogP contribution in [0.15, 0.2) is 0 Å². The molecule has 0 aromatic rings. The summed E-state index contributed by atoms with van der Waals surface area (Å²) in [6.45, 7) is 7.67. The van der Waals surface area contributed by atoms with Crippen LogP contribution in [0.1, 0.15) is 13.8 Å². The van der Waals surface area contributed by atoms with Gasteiger partial charge in [-0.1, -0.05) is 0 Å². The molecule has 0 bridgehead atoms. The molecule has 5 heteroatoms. The molecule has 1 aliphatic heterocycles. The Morgan fingerprint density at radius 1 is 1.56 bits per heavy atom. The van der Waals surface area contributed by atoms with E-state index in [0.29, 0.717) is 39.5 Å². The highest BCUT2D eigenvalue weighted by molar-refractivity contribution is 5.79. The van der Waals surface area contributed by atoms with Crippen LogP contribution in [0.4, 0.5) is 0 Å². The predicted octanol–water partition coefficient (Wildman–Crippen LogP) is -0.140. The molecular formula is C11H22N2O3. The van der Waals surface area contributed by atoms with Crippen LogP contribution in [0.25, 0.3) is 0 Å². The standard InChI is InChI=1S/C11H22N2O3/c1-11(2)9-16-7-5-13(11)10(14)8-12-4-6-15-3/h12H,4-9H2,1-3H3. The van der Waals surface area contributed by atoms with Crippen molar-refractivity contribution in [3.63, 3.8) is 0 Å². The summed E-state index contributed by atoms with van der Waals surface area (Å²) in [5, 5.41) is 3.06. The molecule has 1 N–H and O–H groups in total. The highest BCUT2D eigenvalue weighted by Gasteiger charge is 2.33. The normalized spacial score (nSPS) is 19.8. The maximum absolute atomic E-state index is 11.9. The second-order valence-corrected chi connectivity index (χ2v) is 4.58. The van der Waals surface area contributed by atoms with Crippen molar-refractivity contribution in [2.24, 2.45) is 0 Å². The van der Waals surface area contributed by atoms with Crippen LogP contribution < -0.4 is 5.32 Å². The van der Waals surface area contributed by atoms with E-state index in [0.717, 1.165) is 0 Å². The van der Waals surface area contributed by atoms with E-state index < -0.39 is 0 Å². The SMILES string of the molecule is COCCNCC(=O)N1CCOCC1(C)C. The van der Waals surface area contributed by atoms with Gasteiger partial charge in [-0.2, -0.15) is 0 Å². The first-order chi connectivity index (χ1) is 7.58. The van der Waals surface area contributed by atoms with Crippen LogP contribution in [0.5, 0.6) is 0 Å². The number of hydrogen-bond acceptors (Lipinski definition) is 4. The molecule has 1 heterocycles. The van der Waals surface area contributed by atoms with Gasteiger partial charge >= 0.3 is 0 Å². The molecule has 0 aliphatic carbocycles. The van der Waals surface area contributed by atoms with Crippen LogP contribution in [0.2, 0.25) is 0 Å².